The average molecular weight is 242 g/mol. The van der Waals surface area contributed by atoms with Gasteiger partial charge < -0.3 is 0 Å². The van der Waals surface area contributed by atoms with Crippen LogP contribution in [0.3, 0.4) is 0 Å². The summed E-state index contributed by atoms with van der Waals surface area (Å²) in [5.74, 6) is 0. The lowest BCUT2D eigenvalue weighted by Crippen LogP contribution is -1.80. The summed E-state index contributed by atoms with van der Waals surface area (Å²) < 4.78 is 0. The third-order valence-electron chi connectivity index (χ3n) is 2.15. The molecule has 76 valence electrons. The van der Waals surface area contributed by atoms with E-state index < -0.39 is 0 Å². The third-order valence-corrected chi connectivity index (χ3v) is 3.66. The lowest BCUT2D eigenvalue weighted by Gasteiger charge is -2.06. The van der Waals surface area contributed by atoms with E-state index >= 15 is 0 Å². The molecule has 2 nitrogen and oxygen atoms in total. The van der Waals surface area contributed by atoms with Crippen molar-refractivity contribution in [3.63, 3.8) is 0 Å². The van der Waals surface area contributed by atoms with Gasteiger partial charge in [0.25, 0.3) is 0 Å². The summed E-state index contributed by atoms with van der Waals surface area (Å²) in [5.41, 5.74) is 0. The van der Waals surface area contributed by atoms with Crippen LogP contribution in [-0.2, 0) is 0 Å². The molecule has 0 saturated carbocycles. The Morgan fingerprint density at radius 3 is 2.38 bits per heavy atom. The normalized spacial score (nSPS) is 9.62. The highest BCUT2D eigenvalue weighted by Gasteiger charge is 2.08. The molecule has 0 bridgehead atoms. The summed E-state index contributed by atoms with van der Waals surface area (Å²) in [6.07, 6.45) is 0. The van der Waals surface area contributed by atoms with Crippen molar-refractivity contribution in [1.29, 1.82) is 10.5 Å². The Bertz CT molecular complexity index is 608. The second-order valence-electron chi connectivity index (χ2n) is 3.00. The zero-order chi connectivity index (χ0) is 11.4. The predicted octanol–water partition coefficient (Wildman–Crippen LogP) is 3.99. The highest BCUT2D eigenvalue weighted by Crippen LogP contribution is 2.36. The molecule has 4 heteroatoms. The highest BCUT2D eigenvalue weighted by atomic mass is 32.2. The summed E-state index contributed by atoms with van der Waals surface area (Å²) >= 11 is 2.20. The molecule has 2 aromatic carbocycles. The molecular formula is C12H6N2S2. The summed E-state index contributed by atoms with van der Waals surface area (Å²) in [5, 5.41) is 23.7. The first-order chi connectivity index (χ1) is 7.86. The van der Waals surface area contributed by atoms with Crippen LogP contribution in [0.4, 0.5) is 0 Å². The standard InChI is InChI=1S/C12H6N2S2/c13-7-15-11-6-5-9-3-1-2-4-10(9)12(11)16-8-14/h1-6H. The van der Waals surface area contributed by atoms with Crippen LogP contribution in [0.1, 0.15) is 0 Å². The number of hydrogen-bond donors (Lipinski definition) is 0. The largest absolute Gasteiger partial charge is 0.185 e. The Hall–Kier alpha value is -1.62. The molecule has 0 unspecified atom stereocenters. The molecule has 0 atom stereocenters. The van der Waals surface area contributed by atoms with Gasteiger partial charge in [0.1, 0.15) is 10.8 Å². The van der Waals surface area contributed by atoms with Crippen LogP contribution in [0, 0.1) is 21.3 Å². The van der Waals surface area contributed by atoms with Crippen LogP contribution in [0.2, 0.25) is 0 Å². The smallest absolute Gasteiger partial charge is 0.138 e. The molecule has 0 fully saturated rings. The Labute approximate surface area is 102 Å². The summed E-state index contributed by atoms with van der Waals surface area (Å²) in [6.45, 7) is 0. The van der Waals surface area contributed by atoms with Gasteiger partial charge in [-0.25, -0.2) is 0 Å². The fourth-order valence-corrected chi connectivity index (χ4v) is 2.75. The molecule has 0 saturated heterocycles. The fraction of sp³-hybridized carbons (Fsp3) is 0. The Balaban J connectivity index is 2.70. The van der Waals surface area contributed by atoms with Crippen molar-refractivity contribution < 1.29 is 0 Å². The van der Waals surface area contributed by atoms with Gasteiger partial charge in [-0.2, -0.15) is 10.5 Å². The van der Waals surface area contributed by atoms with Gasteiger partial charge >= 0.3 is 0 Å². The van der Waals surface area contributed by atoms with E-state index in [-0.39, 0.29) is 0 Å². The van der Waals surface area contributed by atoms with E-state index in [0.717, 1.165) is 44.1 Å². The van der Waals surface area contributed by atoms with Crippen LogP contribution in [0.25, 0.3) is 10.8 Å². The Kier molecular flexibility index (Phi) is 3.36. The van der Waals surface area contributed by atoms with E-state index in [4.69, 9.17) is 10.5 Å². The number of nitriles is 2. The lowest BCUT2D eigenvalue weighted by molar-refractivity contribution is 1.31. The number of nitrogens with zero attached hydrogens (tertiary/aromatic N) is 2. The van der Waals surface area contributed by atoms with Gasteiger partial charge in [-0.1, -0.05) is 30.3 Å². The van der Waals surface area contributed by atoms with Gasteiger partial charge in [-0.3, -0.25) is 0 Å². The van der Waals surface area contributed by atoms with Crippen LogP contribution >= 0.6 is 23.5 Å². The minimum absolute atomic E-state index is 0.841. The average Bonchev–Trinajstić information content (AvgIpc) is 2.32. The molecule has 2 rings (SSSR count). The van der Waals surface area contributed by atoms with E-state index in [1.807, 2.05) is 41.8 Å². The fourth-order valence-electron chi connectivity index (χ4n) is 1.50. The Morgan fingerprint density at radius 2 is 1.62 bits per heavy atom. The molecule has 0 radical (unpaired) electrons. The molecule has 0 N–H and O–H groups in total. The van der Waals surface area contributed by atoms with E-state index in [9.17, 15) is 0 Å². The van der Waals surface area contributed by atoms with Crippen molar-refractivity contribution in [2.45, 2.75) is 9.79 Å². The van der Waals surface area contributed by atoms with Crippen molar-refractivity contribution >= 4 is 34.3 Å². The molecule has 2 aromatic rings. The van der Waals surface area contributed by atoms with E-state index in [0.29, 0.717) is 0 Å². The van der Waals surface area contributed by atoms with Gasteiger partial charge in [-0.05, 0) is 40.4 Å². The van der Waals surface area contributed by atoms with Crippen molar-refractivity contribution in [3.8, 4) is 10.8 Å². The first-order valence-electron chi connectivity index (χ1n) is 4.50. The quantitative estimate of drug-likeness (QED) is 0.590. The van der Waals surface area contributed by atoms with Crippen LogP contribution in [0.15, 0.2) is 46.2 Å². The van der Waals surface area contributed by atoms with Crippen molar-refractivity contribution in [2.75, 3.05) is 0 Å². The van der Waals surface area contributed by atoms with Gasteiger partial charge in [0.2, 0.25) is 0 Å². The molecule has 0 amide bonds. The molecule has 0 aliphatic carbocycles. The number of fused-ring (bicyclic) bond motifs is 1. The minimum atomic E-state index is 0.841. The van der Waals surface area contributed by atoms with Crippen LogP contribution in [-0.4, -0.2) is 0 Å². The number of rotatable bonds is 2. The number of thioether (sulfide) groups is 2. The SMILES string of the molecule is N#CSc1ccc2ccccc2c1SC#N. The summed E-state index contributed by atoms with van der Waals surface area (Å²) in [7, 11) is 0. The van der Waals surface area contributed by atoms with Crippen LogP contribution < -0.4 is 0 Å². The highest BCUT2D eigenvalue weighted by molar-refractivity contribution is 8.06. The Morgan fingerprint density at radius 1 is 0.875 bits per heavy atom. The molecule has 0 aliphatic rings. The molecule has 0 aliphatic heterocycles. The van der Waals surface area contributed by atoms with E-state index in [1.54, 1.807) is 0 Å². The second kappa shape index (κ2) is 4.94. The summed E-state index contributed by atoms with van der Waals surface area (Å²) in [6, 6.07) is 11.7. The van der Waals surface area contributed by atoms with Crippen molar-refractivity contribution in [1.82, 2.24) is 0 Å². The van der Waals surface area contributed by atoms with Gasteiger partial charge in [0, 0.05) is 9.79 Å². The monoisotopic (exact) mass is 242 g/mol. The topological polar surface area (TPSA) is 47.6 Å². The second-order valence-corrected chi connectivity index (χ2v) is 4.62. The summed E-state index contributed by atoms with van der Waals surface area (Å²) in [4.78, 5) is 1.71. The van der Waals surface area contributed by atoms with Crippen molar-refractivity contribution in [3.05, 3.63) is 36.4 Å². The molecule has 16 heavy (non-hydrogen) atoms. The van der Waals surface area contributed by atoms with Gasteiger partial charge in [0.05, 0.1) is 0 Å². The predicted molar refractivity (Wildman–Crippen MR) is 66.9 cm³/mol. The van der Waals surface area contributed by atoms with E-state index in [1.165, 1.54) is 0 Å². The maximum absolute atomic E-state index is 8.79. The van der Waals surface area contributed by atoms with Gasteiger partial charge in [0.15, 0.2) is 0 Å². The first-order valence-corrected chi connectivity index (χ1v) is 6.13. The molecule has 0 heterocycles. The zero-order valence-electron chi connectivity index (χ0n) is 8.18. The van der Waals surface area contributed by atoms with Crippen LogP contribution in [0.5, 0.6) is 0 Å². The third kappa shape index (κ3) is 1.99. The van der Waals surface area contributed by atoms with Gasteiger partial charge in [-0.15, -0.1) is 0 Å². The lowest BCUT2D eigenvalue weighted by atomic mass is 10.1. The van der Waals surface area contributed by atoms with E-state index in [2.05, 4.69) is 5.40 Å². The minimum Gasteiger partial charge on any atom is -0.185 e. The number of thiocyanates is 2. The number of benzene rings is 2. The molecular weight excluding hydrogens is 236 g/mol. The first kappa shape index (κ1) is 10.9. The molecule has 0 aromatic heterocycles. The molecule has 0 spiro atoms. The maximum Gasteiger partial charge on any atom is 0.138 e. The zero-order valence-corrected chi connectivity index (χ0v) is 9.81. The van der Waals surface area contributed by atoms with Crippen molar-refractivity contribution in [2.24, 2.45) is 0 Å². The maximum atomic E-state index is 8.79. The number of hydrogen-bond acceptors (Lipinski definition) is 4.